The van der Waals surface area contributed by atoms with Gasteiger partial charge in [0.2, 0.25) is 0 Å². The molecule has 0 bridgehead atoms. The number of alkyl halides is 3. The average molecular weight is 397 g/mol. The van der Waals surface area contributed by atoms with Crippen LogP contribution in [0.15, 0.2) is 50.3 Å². The predicted octanol–water partition coefficient (Wildman–Crippen LogP) is 4.38. The molecule has 7 heteroatoms. The molecule has 2 rings (SSSR count). The van der Waals surface area contributed by atoms with Crippen molar-refractivity contribution in [3.63, 3.8) is 0 Å². The van der Waals surface area contributed by atoms with Gasteiger partial charge in [0.25, 0.3) is 5.56 Å². The molecule has 0 aliphatic heterocycles. The SMILES string of the molecule is O=c1ccc(C(F)(F)F)cn1-c1cccc(Br)c1Br. The van der Waals surface area contributed by atoms with Gasteiger partial charge in [0.05, 0.1) is 15.7 Å². The summed E-state index contributed by atoms with van der Waals surface area (Å²) >= 11 is 6.48. The number of pyridine rings is 1. The summed E-state index contributed by atoms with van der Waals surface area (Å²) in [4.78, 5) is 11.7. The van der Waals surface area contributed by atoms with Crippen molar-refractivity contribution in [3.05, 3.63) is 61.4 Å². The van der Waals surface area contributed by atoms with Crippen LogP contribution in [0.3, 0.4) is 0 Å². The van der Waals surface area contributed by atoms with Crippen molar-refractivity contribution in [3.8, 4) is 5.69 Å². The van der Waals surface area contributed by atoms with E-state index in [0.717, 1.165) is 22.9 Å². The van der Waals surface area contributed by atoms with Crippen molar-refractivity contribution in [1.29, 1.82) is 0 Å². The van der Waals surface area contributed by atoms with Crippen LogP contribution in [-0.2, 0) is 6.18 Å². The summed E-state index contributed by atoms with van der Waals surface area (Å²) in [6.07, 6.45) is -3.71. The summed E-state index contributed by atoms with van der Waals surface area (Å²) in [5.41, 5.74) is -1.07. The van der Waals surface area contributed by atoms with E-state index in [2.05, 4.69) is 31.9 Å². The second kappa shape index (κ2) is 5.13. The number of hydrogen-bond donors (Lipinski definition) is 0. The summed E-state index contributed by atoms with van der Waals surface area (Å²) in [5.74, 6) is 0. The molecule has 0 aliphatic rings. The normalized spacial score (nSPS) is 11.6. The first-order chi connectivity index (χ1) is 8.80. The molecule has 0 saturated heterocycles. The van der Waals surface area contributed by atoms with Gasteiger partial charge in [0, 0.05) is 16.7 Å². The molecule has 0 N–H and O–H groups in total. The minimum absolute atomic E-state index is 0.338. The van der Waals surface area contributed by atoms with Crippen LogP contribution in [0.1, 0.15) is 5.56 Å². The van der Waals surface area contributed by atoms with Crippen molar-refractivity contribution < 1.29 is 13.2 Å². The molecule has 0 unspecified atom stereocenters. The van der Waals surface area contributed by atoms with E-state index in [4.69, 9.17) is 0 Å². The highest BCUT2D eigenvalue weighted by Gasteiger charge is 2.31. The van der Waals surface area contributed by atoms with E-state index in [-0.39, 0.29) is 0 Å². The fraction of sp³-hybridized carbons (Fsp3) is 0.0833. The number of benzene rings is 1. The number of rotatable bonds is 1. The molecular weight excluding hydrogens is 391 g/mol. The third-order valence-electron chi connectivity index (χ3n) is 2.43. The fourth-order valence-corrected chi connectivity index (χ4v) is 2.33. The number of hydrogen-bond acceptors (Lipinski definition) is 1. The van der Waals surface area contributed by atoms with Crippen LogP contribution < -0.4 is 5.56 Å². The zero-order valence-corrected chi connectivity index (χ0v) is 12.4. The van der Waals surface area contributed by atoms with Gasteiger partial charge < -0.3 is 0 Å². The maximum absolute atomic E-state index is 12.7. The minimum Gasteiger partial charge on any atom is -0.283 e. The van der Waals surface area contributed by atoms with Crippen molar-refractivity contribution in [2.75, 3.05) is 0 Å². The van der Waals surface area contributed by atoms with Crippen molar-refractivity contribution >= 4 is 31.9 Å². The van der Waals surface area contributed by atoms with Crippen molar-refractivity contribution in [2.24, 2.45) is 0 Å². The van der Waals surface area contributed by atoms with Crippen molar-refractivity contribution in [1.82, 2.24) is 4.57 Å². The largest absolute Gasteiger partial charge is 0.417 e. The van der Waals surface area contributed by atoms with Gasteiger partial charge in [-0.15, -0.1) is 0 Å². The van der Waals surface area contributed by atoms with Gasteiger partial charge in [-0.1, -0.05) is 6.07 Å². The lowest BCUT2D eigenvalue weighted by Gasteiger charge is -2.12. The molecule has 2 nitrogen and oxygen atoms in total. The van der Waals surface area contributed by atoms with Gasteiger partial charge in [0.15, 0.2) is 0 Å². The Bertz CT molecular complexity index is 679. The van der Waals surface area contributed by atoms with E-state index >= 15 is 0 Å². The van der Waals surface area contributed by atoms with E-state index < -0.39 is 17.3 Å². The van der Waals surface area contributed by atoms with Crippen LogP contribution in [0.2, 0.25) is 0 Å². The topological polar surface area (TPSA) is 22.0 Å². The number of nitrogens with zero attached hydrogens (tertiary/aromatic N) is 1. The Morgan fingerprint density at radius 2 is 1.74 bits per heavy atom. The van der Waals surface area contributed by atoms with Gasteiger partial charge in [-0.25, -0.2) is 0 Å². The van der Waals surface area contributed by atoms with Gasteiger partial charge in [0.1, 0.15) is 0 Å². The van der Waals surface area contributed by atoms with Gasteiger partial charge >= 0.3 is 6.18 Å². The molecule has 100 valence electrons. The lowest BCUT2D eigenvalue weighted by Crippen LogP contribution is -2.20. The Labute approximate surface area is 123 Å². The fourth-order valence-electron chi connectivity index (χ4n) is 1.52. The lowest BCUT2D eigenvalue weighted by molar-refractivity contribution is -0.138. The molecular formula is C12H6Br2F3NO. The number of halogens is 5. The van der Waals surface area contributed by atoms with Gasteiger partial charge in [-0.2, -0.15) is 13.2 Å². The second-order valence-corrected chi connectivity index (χ2v) is 5.34. The van der Waals surface area contributed by atoms with E-state index in [1.54, 1.807) is 18.2 Å². The van der Waals surface area contributed by atoms with Crippen LogP contribution in [0.25, 0.3) is 5.69 Å². The molecule has 0 saturated carbocycles. The zero-order chi connectivity index (χ0) is 14.2. The molecule has 1 heterocycles. The molecule has 1 aromatic carbocycles. The Kier molecular flexibility index (Phi) is 3.87. The predicted molar refractivity (Wildman–Crippen MR) is 72.4 cm³/mol. The summed E-state index contributed by atoms with van der Waals surface area (Å²) in [5, 5.41) is 0. The molecule has 2 aromatic rings. The summed E-state index contributed by atoms with van der Waals surface area (Å²) in [7, 11) is 0. The molecule has 0 radical (unpaired) electrons. The van der Waals surface area contributed by atoms with Gasteiger partial charge in [-0.05, 0) is 50.1 Å². The number of aromatic nitrogens is 1. The Morgan fingerprint density at radius 1 is 1.05 bits per heavy atom. The van der Waals surface area contributed by atoms with Gasteiger partial charge in [-0.3, -0.25) is 9.36 Å². The highest BCUT2D eigenvalue weighted by atomic mass is 79.9. The monoisotopic (exact) mass is 395 g/mol. The van der Waals surface area contributed by atoms with Crippen LogP contribution in [0.5, 0.6) is 0 Å². The first kappa shape index (κ1) is 14.3. The molecule has 19 heavy (non-hydrogen) atoms. The van der Waals surface area contributed by atoms with Crippen LogP contribution in [-0.4, -0.2) is 4.57 Å². The van der Waals surface area contributed by atoms with E-state index in [9.17, 15) is 18.0 Å². The molecule has 0 fully saturated rings. The summed E-state index contributed by atoms with van der Waals surface area (Å²) < 4.78 is 40.1. The minimum atomic E-state index is -4.49. The smallest absolute Gasteiger partial charge is 0.283 e. The standard InChI is InChI=1S/C12H6Br2F3NO/c13-8-2-1-3-9(11(8)14)18-6-7(12(15,16)17)4-5-10(18)19/h1-6H. The van der Waals surface area contributed by atoms with E-state index in [0.29, 0.717) is 14.6 Å². The van der Waals surface area contributed by atoms with Crippen LogP contribution in [0.4, 0.5) is 13.2 Å². The molecule has 1 aromatic heterocycles. The first-order valence-electron chi connectivity index (χ1n) is 5.05. The summed E-state index contributed by atoms with van der Waals surface area (Å²) in [6, 6.07) is 6.57. The zero-order valence-electron chi connectivity index (χ0n) is 9.21. The highest BCUT2D eigenvalue weighted by molar-refractivity contribution is 9.13. The third kappa shape index (κ3) is 2.92. The molecule has 0 amide bonds. The Hall–Kier alpha value is -1.08. The van der Waals surface area contributed by atoms with E-state index in [1.165, 1.54) is 0 Å². The lowest BCUT2D eigenvalue weighted by atomic mass is 10.2. The van der Waals surface area contributed by atoms with Crippen LogP contribution in [0, 0.1) is 0 Å². The van der Waals surface area contributed by atoms with Crippen LogP contribution >= 0.6 is 31.9 Å². The quantitative estimate of drug-likeness (QED) is 0.701. The Balaban J connectivity index is 2.69. The average Bonchev–Trinajstić information content (AvgIpc) is 2.32. The maximum Gasteiger partial charge on any atom is 0.417 e. The molecule has 0 aliphatic carbocycles. The molecule has 0 spiro atoms. The highest BCUT2D eigenvalue weighted by Crippen LogP contribution is 2.31. The second-order valence-electron chi connectivity index (χ2n) is 3.70. The van der Waals surface area contributed by atoms with Crippen molar-refractivity contribution in [2.45, 2.75) is 6.18 Å². The maximum atomic E-state index is 12.7. The first-order valence-corrected chi connectivity index (χ1v) is 6.63. The Morgan fingerprint density at radius 3 is 2.37 bits per heavy atom. The van der Waals surface area contributed by atoms with E-state index in [1.807, 2.05) is 0 Å². The third-order valence-corrected chi connectivity index (χ3v) is 4.46. The summed E-state index contributed by atoms with van der Waals surface area (Å²) in [6.45, 7) is 0. The molecule has 0 atom stereocenters.